The molecule has 126 valence electrons. The smallest absolute Gasteiger partial charge is 0.341 e. The summed E-state index contributed by atoms with van der Waals surface area (Å²) in [5, 5.41) is 0. The Bertz CT molecular complexity index is 577. The molecule has 3 rings (SSSR count). The summed E-state index contributed by atoms with van der Waals surface area (Å²) in [4.78, 5) is 23.5. The summed E-state index contributed by atoms with van der Waals surface area (Å²) in [5.41, 5.74) is -0.953. The molecule has 0 N–H and O–H groups in total. The van der Waals surface area contributed by atoms with E-state index >= 15 is 0 Å². The number of anilines is 1. The summed E-state index contributed by atoms with van der Waals surface area (Å²) in [6, 6.07) is 0.855. The van der Waals surface area contributed by atoms with Crippen LogP contribution < -0.4 is 4.90 Å². The molecule has 1 aromatic heterocycles. The van der Waals surface area contributed by atoms with Gasteiger partial charge >= 0.3 is 6.18 Å². The van der Waals surface area contributed by atoms with Gasteiger partial charge in [-0.2, -0.15) is 24.9 Å². The number of aromatic nitrogens is 2. The summed E-state index contributed by atoms with van der Waals surface area (Å²) >= 11 is 1.83. The van der Waals surface area contributed by atoms with Gasteiger partial charge in [-0.15, -0.1) is 0 Å². The molecule has 2 fully saturated rings. The molecule has 5 nitrogen and oxygen atoms in total. The molecule has 0 aliphatic carbocycles. The number of rotatable bonds is 2. The lowest BCUT2D eigenvalue weighted by Gasteiger charge is -2.28. The zero-order valence-corrected chi connectivity index (χ0v) is 13.2. The minimum atomic E-state index is -4.49. The Morgan fingerprint density at radius 1 is 1.26 bits per heavy atom. The molecule has 1 atom stereocenters. The quantitative estimate of drug-likeness (QED) is 0.819. The summed E-state index contributed by atoms with van der Waals surface area (Å²) < 4.78 is 38.2. The predicted molar refractivity (Wildman–Crippen MR) is 81.3 cm³/mol. The zero-order valence-electron chi connectivity index (χ0n) is 12.4. The van der Waals surface area contributed by atoms with Gasteiger partial charge in [0.2, 0.25) is 11.9 Å². The number of nitrogens with zero attached hydrogens (tertiary/aromatic N) is 4. The molecule has 2 saturated heterocycles. The van der Waals surface area contributed by atoms with Crippen LogP contribution in [-0.4, -0.2) is 58.5 Å². The van der Waals surface area contributed by atoms with Crippen molar-refractivity contribution in [2.75, 3.05) is 42.6 Å². The van der Waals surface area contributed by atoms with Crippen LogP contribution in [0.2, 0.25) is 0 Å². The van der Waals surface area contributed by atoms with Gasteiger partial charge in [-0.05, 0) is 12.5 Å². The number of hydrogen-bond donors (Lipinski definition) is 0. The number of carbonyl (C=O) groups is 1. The summed E-state index contributed by atoms with van der Waals surface area (Å²) in [5.74, 6) is 1.85. The highest BCUT2D eigenvalue weighted by molar-refractivity contribution is 7.99. The maximum absolute atomic E-state index is 12.7. The number of alkyl halides is 3. The molecule has 0 bridgehead atoms. The van der Waals surface area contributed by atoms with Crippen molar-refractivity contribution in [1.29, 1.82) is 0 Å². The second kappa shape index (κ2) is 6.54. The number of carbonyl (C=O) groups excluding carboxylic acids is 1. The Hall–Kier alpha value is -1.51. The van der Waals surface area contributed by atoms with Crippen molar-refractivity contribution in [3.8, 4) is 0 Å². The normalized spacial score (nSPS) is 22.5. The fourth-order valence-electron chi connectivity index (χ4n) is 2.84. The van der Waals surface area contributed by atoms with Crippen LogP contribution in [0.1, 0.15) is 12.1 Å². The monoisotopic (exact) mass is 346 g/mol. The van der Waals surface area contributed by atoms with Gasteiger partial charge in [-0.25, -0.2) is 9.97 Å². The minimum absolute atomic E-state index is 0.0457. The third-order valence-electron chi connectivity index (χ3n) is 4.08. The molecule has 0 aromatic carbocycles. The highest BCUT2D eigenvalue weighted by Gasteiger charge is 2.36. The van der Waals surface area contributed by atoms with E-state index in [4.69, 9.17) is 0 Å². The predicted octanol–water partition coefficient (Wildman–Crippen LogP) is 1.90. The Morgan fingerprint density at radius 3 is 2.70 bits per heavy atom. The second-order valence-corrected chi connectivity index (χ2v) is 6.83. The summed E-state index contributed by atoms with van der Waals surface area (Å²) in [7, 11) is 0. The topological polar surface area (TPSA) is 49.3 Å². The highest BCUT2D eigenvalue weighted by atomic mass is 32.2. The molecular weight excluding hydrogens is 329 g/mol. The van der Waals surface area contributed by atoms with Gasteiger partial charge in [0.1, 0.15) is 5.69 Å². The van der Waals surface area contributed by atoms with Gasteiger partial charge in [0.05, 0.1) is 5.92 Å². The van der Waals surface area contributed by atoms with E-state index in [1.807, 2.05) is 16.7 Å². The van der Waals surface area contributed by atoms with Gasteiger partial charge in [0, 0.05) is 43.9 Å². The molecule has 2 aliphatic rings. The summed E-state index contributed by atoms with van der Waals surface area (Å²) in [6.07, 6.45) is -2.75. The third kappa shape index (κ3) is 3.70. The molecule has 0 spiro atoms. The number of halogens is 3. The molecule has 9 heteroatoms. The van der Waals surface area contributed by atoms with Crippen molar-refractivity contribution in [3.05, 3.63) is 18.0 Å². The second-order valence-electron chi connectivity index (χ2n) is 5.61. The molecule has 0 radical (unpaired) electrons. The van der Waals surface area contributed by atoms with Crippen LogP contribution in [0.3, 0.4) is 0 Å². The molecule has 2 aliphatic heterocycles. The van der Waals surface area contributed by atoms with Crippen LogP contribution in [0.4, 0.5) is 19.1 Å². The first kappa shape index (κ1) is 16.4. The van der Waals surface area contributed by atoms with Crippen molar-refractivity contribution in [2.45, 2.75) is 12.6 Å². The van der Waals surface area contributed by atoms with E-state index in [0.29, 0.717) is 19.5 Å². The molecule has 1 amide bonds. The summed E-state index contributed by atoms with van der Waals surface area (Å²) in [6.45, 7) is 2.38. The SMILES string of the molecule is O=C(C1CCN(c2nccc(C(F)(F)F)n2)C1)N1CCSCC1. The zero-order chi connectivity index (χ0) is 16.4. The van der Waals surface area contributed by atoms with Crippen LogP contribution in [0.5, 0.6) is 0 Å². The van der Waals surface area contributed by atoms with E-state index in [-0.39, 0.29) is 17.8 Å². The van der Waals surface area contributed by atoms with E-state index < -0.39 is 11.9 Å². The molecule has 23 heavy (non-hydrogen) atoms. The Kier molecular flexibility index (Phi) is 4.65. The first-order valence-electron chi connectivity index (χ1n) is 7.47. The van der Waals surface area contributed by atoms with Crippen LogP contribution >= 0.6 is 11.8 Å². The molecule has 3 heterocycles. The Labute approximate surface area is 136 Å². The van der Waals surface area contributed by atoms with E-state index in [0.717, 1.165) is 36.9 Å². The molecule has 1 unspecified atom stereocenters. The van der Waals surface area contributed by atoms with E-state index in [1.54, 1.807) is 4.90 Å². The molecular formula is C14H17F3N4OS. The Balaban J connectivity index is 1.66. The highest BCUT2D eigenvalue weighted by Crippen LogP contribution is 2.29. The van der Waals surface area contributed by atoms with Gasteiger partial charge in [0.25, 0.3) is 0 Å². The van der Waals surface area contributed by atoms with Crippen LogP contribution in [0, 0.1) is 5.92 Å². The van der Waals surface area contributed by atoms with Crippen LogP contribution in [0.25, 0.3) is 0 Å². The van der Waals surface area contributed by atoms with Gasteiger partial charge in [-0.3, -0.25) is 4.79 Å². The van der Waals surface area contributed by atoms with Gasteiger partial charge in [0.15, 0.2) is 0 Å². The fourth-order valence-corrected chi connectivity index (χ4v) is 3.75. The first-order chi connectivity index (χ1) is 10.9. The van der Waals surface area contributed by atoms with Crippen molar-refractivity contribution in [2.24, 2.45) is 5.92 Å². The fraction of sp³-hybridized carbons (Fsp3) is 0.643. The first-order valence-corrected chi connectivity index (χ1v) is 8.62. The third-order valence-corrected chi connectivity index (χ3v) is 5.02. The van der Waals surface area contributed by atoms with Crippen molar-refractivity contribution in [3.63, 3.8) is 0 Å². The average molecular weight is 346 g/mol. The standard InChI is InChI=1S/C14H17F3N4OS/c15-14(16,17)11-1-3-18-13(19-11)21-4-2-10(9-21)12(22)20-5-7-23-8-6-20/h1,3,10H,2,4-9H2. The van der Waals surface area contributed by atoms with Crippen molar-refractivity contribution >= 4 is 23.6 Å². The number of hydrogen-bond acceptors (Lipinski definition) is 5. The molecule has 1 aromatic rings. The maximum Gasteiger partial charge on any atom is 0.433 e. The van der Waals surface area contributed by atoms with Crippen LogP contribution in [0.15, 0.2) is 12.3 Å². The van der Waals surface area contributed by atoms with Crippen molar-refractivity contribution < 1.29 is 18.0 Å². The van der Waals surface area contributed by atoms with E-state index in [9.17, 15) is 18.0 Å². The lowest BCUT2D eigenvalue weighted by atomic mass is 10.1. The lowest BCUT2D eigenvalue weighted by Crippen LogP contribution is -2.42. The van der Waals surface area contributed by atoms with Gasteiger partial charge < -0.3 is 9.80 Å². The maximum atomic E-state index is 12.7. The number of thioether (sulfide) groups is 1. The minimum Gasteiger partial charge on any atom is -0.341 e. The molecule has 0 saturated carbocycles. The van der Waals surface area contributed by atoms with Gasteiger partial charge in [-0.1, -0.05) is 0 Å². The van der Waals surface area contributed by atoms with E-state index in [1.165, 1.54) is 0 Å². The Morgan fingerprint density at radius 2 is 2.00 bits per heavy atom. The average Bonchev–Trinajstić information content (AvgIpc) is 3.04. The van der Waals surface area contributed by atoms with Crippen LogP contribution in [-0.2, 0) is 11.0 Å². The largest absolute Gasteiger partial charge is 0.433 e. The van der Waals surface area contributed by atoms with E-state index in [2.05, 4.69) is 9.97 Å². The lowest BCUT2D eigenvalue weighted by molar-refractivity contribution is -0.141. The number of amides is 1. The van der Waals surface area contributed by atoms with Crippen molar-refractivity contribution in [1.82, 2.24) is 14.9 Å².